The molecule has 0 bridgehead atoms. The minimum absolute atomic E-state index is 0.757. The Balaban J connectivity index is 2.00. The van der Waals surface area contributed by atoms with Crippen molar-refractivity contribution < 1.29 is 0 Å². The predicted molar refractivity (Wildman–Crippen MR) is 90.7 cm³/mol. The Kier molecular flexibility index (Phi) is 6.98. The van der Waals surface area contributed by atoms with Crippen molar-refractivity contribution in [3.63, 3.8) is 0 Å². The smallest absolute Gasteiger partial charge is 0.0621 e. The van der Waals surface area contributed by atoms with E-state index in [9.17, 15) is 0 Å². The molecule has 0 spiro atoms. The first-order valence-corrected chi connectivity index (χ1v) is 8.91. The fourth-order valence-corrected chi connectivity index (χ4v) is 3.83. The quantitative estimate of drug-likeness (QED) is 0.737. The van der Waals surface area contributed by atoms with Crippen LogP contribution in [0.4, 0.5) is 0 Å². The molecule has 0 radical (unpaired) electrons. The fourth-order valence-electron chi connectivity index (χ4n) is 3.63. The van der Waals surface area contributed by atoms with E-state index in [-0.39, 0.29) is 0 Å². The number of rotatable bonds is 7. The third-order valence-electron chi connectivity index (χ3n) is 5.00. The van der Waals surface area contributed by atoms with Gasteiger partial charge >= 0.3 is 0 Å². The molecular weight excluding hydrogens is 280 g/mol. The second kappa shape index (κ2) is 8.75. The van der Waals surface area contributed by atoms with Crippen molar-refractivity contribution in [2.45, 2.75) is 52.4 Å². The van der Waals surface area contributed by atoms with Crippen LogP contribution in [-0.2, 0) is 6.42 Å². The van der Waals surface area contributed by atoms with Gasteiger partial charge in [-0.05, 0) is 68.2 Å². The van der Waals surface area contributed by atoms with Crippen molar-refractivity contribution in [1.29, 1.82) is 0 Å². The Morgan fingerprint density at radius 2 is 2.14 bits per heavy atom. The van der Waals surface area contributed by atoms with E-state index >= 15 is 0 Å². The molecule has 0 amide bonds. The van der Waals surface area contributed by atoms with Gasteiger partial charge in [-0.25, -0.2) is 0 Å². The highest BCUT2D eigenvalue weighted by Gasteiger charge is 2.29. The molecule has 0 saturated heterocycles. The summed E-state index contributed by atoms with van der Waals surface area (Å²) >= 11 is 6.31. The Morgan fingerprint density at radius 3 is 2.86 bits per heavy atom. The van der Waals surface area contributed by atoms with Gasteiger partial charge in [0.05, 0.1) is 5.02 Å². The lowest BCUT2D eigenvalue weighted by atomic mass is 9.71. The van der Waals surface area contributed by atoms with Gasteiger partial charge < -0.3 is 5.32 Å². The summed E-state index contributed by atoms with van der Waals surface area (Å²) in [4.78, 5) is 4.10. The highest BCUT2D eigenvalue weighted by atomic mass is 35.5. The number of nitrogens with one attached hydrogen (secondary N) is 1. The van der Waals surface area contributed by atoms with Gasteiger partial charge in [0, 0.05) is 12.4 Å². The number of nitrogens with zero attached hydrogens (tertiary/aromatic N) is 1. The summed E-state index contributed by atoms with van der Waals surface area (Å²) in [7, 11) is 0. The van der Waals surface area contributed by atoms with Gasteiger partial charge in [0.1, 0.15) is 0 Å². The monoisotopic (exact) mass is 308 g/mol. The summed E-state index contributed by atoms with van der Waals surface area (Å²) in [6.45, 7) is 6.86. The average Bonchev–Trinajstić information content (AvgIpc) is 2.51. The molecule has 3 atom stereocenters. The lowest BCUT2D eigenvalue weighted by Crippen LogP contribution is -2.34. The number of halogens is 1. The minimum Gasteiger partial charge on any atom is -0.316 e. The van der Waals surface area contributed by atoms with Crippen LogP contribution in [0.5, 0.6) is 0 Å². The van der Waals surface area contributed by atoms with Crippen molar-refractivity contribution in [2.24, 2.45) is 17.8 Å². The fraction of sp³-hybridized carbons (Fsp3) is 0.722. The van der Waals surface area contributed by atoms with E-state index < -0.39 is 0 Å². The maximum atomic E-state index is 6.31. The molecule has 0 aliphatic heterocycles. The van der Waals surface area contributed by atoms with Gasteiger partial charge in [-0.2, -0.15) is 0 Å². The first kappa shape index (κ1) is 16.8. The van der Waals surface area contributed by atoms with Crippen molar-refractivity contribution in [3.05, 3.63) is 29.0 Å². The van der Waals surface area contributed by atoms with E-state index in [0.717, 1.165) is 42.3 Å². The summed E-state index contributed by atoms with van der Waals surface area (Å²) in [5.41, 5.74) is 1.27. The summed E-state index contributed by atoms with van der Waals surface area (Å²) in [6.07, 6.45) is 11.4. The standard InChI is InChI=1S/C18H29ClN2/c1-3-8-20-12-16-6-5-14(4-2)10-17(16)11-15-7-9-21-13-18(15)19/h7,9,13-14,16-17,20H,3-6,8,10-12H2,1-2H3. The normalized spacial score (nSPS) is 26.0. The zero-order chi connectivity index (χ0) is 15.1. The first-order valence-electron chi connectivity index (χ1n) is 8.53. The zero-order valence-electron chi connectivity index (χ0n) is 13.4. The number of pyridine rings is 1. The molecule has 1 aromatic heterocycles. The summed E-state index contributed by atoms with van der Waals surface area (Å²) in [5, 5.41) is 4.45. The zero-order valence-corrected chi connectivity index (χ0v) is 14.2. The molecule has 3 heteroatoms. The van der Waals surface area contributed by atoms with Crippen LogP contribution >= 0.6 is 11.6 Å². The Morgan fingerprint density at radius 1 is 1.29 bits per heavy atom. The molecule has 21 heavy (non-hydrogen) atoms. The van der Waals surface area contributed by atoms with Gasteiger partial charge in [-0.3, -0.25) is 4.98 Å². The average molecular weight is 309 g/mol. The summed E-state index contributed by atoms with van der Waals surface area (Å²) in [5.74, 6) is 2.45. The molecular formula is C18H29ClN2. The Bertz CT molecular complexity index is 419. The lowest BCUT2D eigenvalue weighted by Gasteiger charge is -2.36. The molecule has 1 fully saturated rings. The van der Waals surface area contributed by atoms with Crippen LogP contribution in [0, 0.1) is 17.8 Å². The molecule has 1 heterocycles. The molecule has 118 valence electrons. The van der Waals surface area contributed by atoms with Crippen molar-refractivity contribution in [1.82, 2.24) is 10.3 Å². The molecule has 1 saturated carbocycles. The maximum Gasteiger partial charge on any atom is 0.0621 e. The van der Waals surface area contributed by atoms with Crippen molar-refractivity contribution in [3.8, 4) is 0 Å². The SMILES string of the molecule is CCCNCC1CCC(CC)CC1Cc1ccncc1Cl. The van der Waals surface area contributed by atoms with E-state index in [1.54, 1.807) is 6.20 Å². The van der Waals surface area contributed by atoms with Crippen LogP contribution < -0.4 is 5.32 Å². The molecule has 2 rings (SSSR count). The van der Waals surface area contributed by atoms with Crippen LogP contribution in [0.3, 0.4) is 0 Å². The number of hydrogen-bond acceptors (Lipinski definition) is 2. The van der Waals surface area contributed by atoms with Crippen LogP contribution in [-0.4, -0.2) is 18.1 Å². The Hall–Kier alpha value is -0.600. The van der Waals surface area contributed by atoms with Gasteiger partial charge in [-0.1, -0.05) is 38.3 Å². The highest BCUT2D eigenvalue weighted by molar-refractivity contribution is 6.31. The topological polar surface area (TPSA) is 24.9 Å². The Labute approximate surface area is 134 Å². The minimum atomic E-state index is 0.757. The molecule has 2 nitrogen and oxygen atoms in total. The third-order valence-corrected chi connectivity index (χ3v) is 5.34. The number of hydrogen-bond donors (Lipinski definition) is 1. The molecule has 1 aliphatic rings. The van der Waals surface area contributed by atoms with E-state index in [2.05, 4.69) is 30.2 Å². The molecule has 1 aromatic rings. The second-order valence-electron chi connectivity index (χ2n) is 6.48. The number of aromatic nitrogens is 1. The van der Waals surface area contributed by atoms with E-state index in [1.807, 2.05) is 6.20 Å². The predicted octanol–water partition coefficient (Wildman–Crippen LogP) is 4.72. The van der Waals surface area contributed by atoms with Gasteiger partial charge in [0.25, 0.3) is 0 Å². The van der Waals surface area contributed by atoms with E-state index in [0.29, 0.717) is 0 Å². The van der Waals surface area contributed by atoms with Gasteiger partial charge in [0.2, 0.25) is 0 Å². The summed E-state index contributed by atoms with van der Waals surface area (Å²) < 4.78 is 0. The van der Waals surface area contributed by atoms with E-state index in [1.165, 1.54) is 37.7 Å². The summed E-state index contributed by atoms with van der Waals surface area (Å²) in [6, 6.07) is 2.09. The van der Waals surface area contributed by atoms with E-state index in [4.69, 9.17) is 11.6 Å². The van der Waals surface area contributed by atoms with Crippen LogP contribution in [0.1, 0.15) is 51.5 Å². The molecule has 1 N–H and O–H groups in total. The first-order chi connectivity index (χ1) is 10.2. The van der Waals surface area contributed by atoms with Crippen molar-refractivity contribution >= 4 is 11.6 Å². The molecule has 3 unspecified atom stereocenters. The molecule has 1 aliphatic carbocycles. The largest absolute Gasteiger partial charge is 0.316 e. The van der Waals surface area contributed by atoms with Crippen molar-refractivity contribution in [2.75, 3.05) is 13.1 Å². The maximum absolute atomic E-state index is 6.31. The van der Waals surface area contributed by atoms with Gasteiger partial charge in [-0.15, -0.1) is 0 Å². The lowest BCUT2D eigenvalue weighted by molar-refractivity contribution is 0.171. The third kappa shape index (κ3) is 4.96. The molecule has 0 aromatic carbocycles. The second-order valence-corrected chi connectivity index (χ2v) is 6.89. The van der Waals surface area contributed by atoms with Gasteiger partial charge in [0.15, 0.2) is 0 Å². The van der Waals surface area contributed by atoms with Crippen LogP contribution in [0.25, 0.3) is 0 Å². The van der Waals surface area contributed by atoms with Crippen LogP contribution in [0.2, 0.25) is 5.02 Å². The van der Waals surface area contributed by atoms with Crippen LogP contribution in [0.15, 0.2) is 18.5 Å². The highest BCUT2D eigenvalue weighted by Crippen LogP contribution is 2.37.